The Balaban J connectivity index is 2.26. The van der Waals surface area contributed by atoms with Crippen molar-refractivity contribution < 1.29 is 18.7 Å². The van der Waals surface area contributed by atoms with Gasteiger partial charge in [0.2, 0.25) is 5.88 Å². The van der Waals surface area contributed by atoms with E-state index in [-0.39, 0.29) is 23.6 Å². The lowest BCUT2D eigenvalue weighted by atomic mass is 9.84. The number of esters is 1. The largest absolute Gasteiger partial charge is 0.462 e. The van der Waals surface area contributed by atoms with Crippen LogP contribution in [0.3, 0.4) is 0 Å². The molecule has 3 rings (SSSR count). The van der Waals surface area contributed by atoms with Crippen LogP contribution in [-0.4, -0.2) is 12.6 Å². The number of fused-ring (bicyclic) bond motifs is 1. The summed E-state index contributed by atoms with van der Waals surface area (Å²) in [5, 5.41) is 0. The Labute approximate surface area is 138 Å². The van der Waals surface area contributed by atoms with Gasteiger partial charge < -0.3 is 19.6 Å². The predicted molar refractivity (Wildman–Crippen MR) is 86.5 cm³/mol. The fourth-order valence-electron chi connectivity index (χ4n) is 2.80. The van der Waals surface area contributed by atoms with Crippen molar-refractivity contribution in [1.29, 1.82) is 0 Å². The zero-order valence-corrected chi connectivity index (χ0v) is 13.4. The molecule has 0 radical (unpaired) electrons. The summed E-state index contributed by atoms with van der Waals surface area (Å²) in [5.74, 6) is -0.693. The van der Waals surface area contributed by atoms with Crippen LogP contribution < -0.4 is 16.1 Å². The molecule has 1 aliphatic rings. The first kappa shape index (κ1) is 15.9. The van der Waals surface area contributed by atoms with E-state index in [1.54, 1.807) is 19.9 Å². The van der Waals surface area contributed by atoms with Crippen molar-refractivity contribution in [1.82, 2.24) is 0 Å². The van der Waals surface area contributed by atoms with E-state index in [1.807, 2.05) is 30.3 Å². The first-order valence-electron chi connectivity index (χ1n) is 7.57. The van der Waals surface area contributed by atoms with E-state index in [2.05, 4.69) is 0 Å². The van der Waals surface area contributed by atoms with Crippen LogP contribution in [0.15, 0.2) is 57.1 Å². The number of hydrogen-bond donors (Lipinski definition) is 1. The van der Waals surface area contributed by atoms with Crippen LogP contribution in [0.2, 0.25) is 0 Å². The third-order valence-corrected chi connectivity index (χ3v) is 3.76. The lowest BCUT2D eigenvalue weighted by Crippen LogP contribution is -2.31. The van der Waals surface area contributed by atoms with E-state index in [9.17, 15) is 9.59 Å². The molecule has 0 saturated heterocycles. The molecule has 6 nitrogen and oxygen atoms in total. The van der Waals surface area contributed by atoms with Gasteiger partial charge in [0.1, 0.15) is 17.1 Å². The molecule has 1 atom stereocenters. The van der Waals surface area contributed by atoms with Crippen LogP contribution in [0, 0.1) is 6.92 Å². The molecule has 6 heteroatoms. The monoisotopic (exact) mass is 327 g/mol. The van der Waals surface area contributed by atoms with E-state index in [4.69, 9.17) is 19.6 Å². The number of hydrogen-bond acceptors (Lipinski definition) is 6. The van der Waals surface area contributed by atoms with Crippen molar-refractivity contribution in [2.45, 2.75) is 19.8 Å². The first-order chi connectivity index (χ1) is 11.5. The number of aryl methyl sites for hydroxylation is 1. The summed E-state index contributed by atoms with van der Waals surface area (Å²) in [5.41, 5.74) is 6.48. The molecular formula is C18H17NO5. The fraction of sp³-hybridized carbons (Fsp3) is 0.222. The number of nitrogens with two attached hydrogens (primary N) is 1. The SMILES string of the molecule is CCOC(=O)C1=C(N)Oc2cc(C)oc(=O)c2[C@@H]1c1ccccc1. The molecule has 0 saturated carbocycles. The summed E-state index contributed by atoms with van der Waals surface area (Å²) < 4.78 is 15.8. The number of rotatable bonds is 3. The van der Waals surface area contributed by atoms with E-state index in [1.165, 1.54) is 0 Å². The first-order valence-corrected chi connectivity index (χ1v) is 7.57. The Bertz CT molecular complexity index is 867. The molecule has 0 spiro atoms. The van der Waals surface area contributed by atoms with Gasteiger partial charge in [-0.2, -0.15) is 0 Å². The number of ether oxygens (including phenoxy) is 2. The Kier molecular flexibility index (Phi) is 4.12. The molecular weight excluding hydrogens is 310 g/mol. The predicted octanol–water partition coefficient (Wildman–Crippen LogP) is 2.21. The van der Waals surface area contributed by atoms with Gasteiger partial charge in [0.15, 0.2) is 0 Å². The molecule has 24 heavy (non-hydrogen) atoms. The Morgan fingerprint density at radius 2 is 2.00 bits per heavy atom. The number of carbonyl (C=O) groups excluding carboxylic acids is 1. The summed E-state index contributed by atoms with van der Waals surface area (Å²) >= 11 is 0. The second kappa shape index (κ2) is 6.23. The number of carbonyl (C=O) groups is 1. The molecule has 0 bridgehead atoms. The van der Waals surface area contributed by atoms with Gasteiger partial charge in [0.05, 0.1) is 18.1 Å². The third-order valence-electron chi connectivity index (χ3n) is 3.76. The van der Waals surface area contributed by atoms with E-state index < -0.39 is 17.5 Å². The lowest BCUT2D eigenvalue weighted by Gasteiger charge is -2.27. The third kappa shape index (κ3) is 2.67. The van der Waals surface area contributed by atoms with Crippen LogP contribution in [-0.2, 0) is 9.53 Å². The summed E-state index contributed by atoms with van der Waals surface area (Å²) in [6.45, 7) is 3.53. The van der Waals surface area contributed by atoms with Crippen LogP contribution in [0.5, 0.6) is 5.75 Å². The molecule has 0 aliphatic carbocycles. The molecule has 2 N–H and O–H groups in total. The van der Waals surface area contributed by atoms with Crippen molar-refractivity contribution in [3.63, 3.8) is 0 Å². The fourth-order valence-corrected chi connectivity index (χ4v) is 2.80. The van der Waals surface area contributed by atoms with Gasteiger partial charge in [0.25, 0.3) is 0 Å². The van der Waals surface area contributed by atoms with Crippen LogP contribution in [0.25, 0.3) is 0 Å². The van der Waals surface area contributed by atoms with Crippen molar-refractivity contribution in [3.05, 3.63) is 75.2 Å². The molecule has 1 aliphatic heterocycles. The highest BCUT2D eigenvalue weighted by Gasteiger charge is 2.38. The molecule has 1 aromatic heterocycles. The smallest absolute Gasteiger partial charge is 0.343 e. The van der Waals surface area contributed by atoms with Crippen molar-refractivity contribution >= 4 is 5.97 Å². The lowest BCUT2D eigenvalue weighted by molar-refractivity contribution is -0.139. The summed E-state index contributed by atoms with van der Waals surface area (Å²) in [6.07, 6.45) is 0. The van der Waals surface area contributed by atoms with Crippen molar-refractivity contribution in [3.8, 4) is 5.75 Å². The Morgan fingerprint density at radius 1 is 1.29 bits per heavy atom. The molecule has 1 aromatic carbocycles. The minimum Gasteiger partial charge on any atom is -0.462 e. The molecule has 0 fully saturated rings. The average molecular weight is 327 g/mol. The Morgan fingerprint density at radius 3 is 2.67 bits per heavy atom. The minimum atomic E-state index is -0.703. The highest BCUT2D eigenvalue weighted by atomic mass is 16.5. The van der Waals surface area contributed by atoms with Gasteiger partial charge in [-0.15, -0.1) is 0 Å². The van der Waals surface area contributed by atoms with Crippen LogP contribution >= 0.6 is 0 Å². The van der Waals surface area contributed by atoms with Gasteiger partial charge in [-0.05, 0) is 19.4 Å². The van der Waals surface area contributed by atoms with E-state index in [0.717, 1.165) is 5.56 Å². The zero-order valence-electron chi connectivity index (χ0n) is 13.4. The second-order valence-electron chi connectivity index (χ2n) is 5.37. The Hall–Kier alpha value is -3.02. The maximum Gasteiger partial charge on any atom is 0.343 e. The maximum atomic E-state index is 12.4. The molecule has 0 unspecified atom stereocenters. The van der Waals surface area contributed by atoms with Gasteiger partial charge in [-0.25, -0.2) is 9.59 Å². The zero-order chi connectivity index (χ0) is 17.3. The van der Waals surface area contributed by atoms with Crippen LogP contribution in [0.1, 0.15) is 29.7 Å². The van der Waals surface area contributed by atoms with Crippen molar-refractivity contribution in [2.75, 3.05) is 6.61 Å². The molecule has 2 aromatic rings. The van der Waals surface area contributed by atoms with Gasteiger partial charge >= 0.3 is 11.6 Å². The second-order valence-corrected chi connectivity index (χ2v) is 5.37. The summed E-state index contributed by atoms with van der Waals surface area (Å²) in [6, 6.07) is 10.7. The van der Waals surface area contributed by atoms with Gasteiger partial charge in [-0.3, -0.25) is 0 Å². The molecule has 124 valence electrons. The maximum absolute atomic E-state index is 12.4. The van der Waals surface area contributed by atoms with Gasteiger partial charge in [-0.1, -0.05) is 30.3 Å². The summed E-state index contributed by atoms with van der Waals surface area (Å²) in [7, 11) is 0. The number of benzene rings is 1. The minimum absolute atomic E-state index is 0.0696. The highest BCUT2D eigenvalue weighted by molar-refractivity contribution is 5.92. The average Bonchev–Trinajstić information content (AvgIpc) is 2.54. The van der Waals surface area contributed by atoms with Gasteiger partial charge in [0, 0.05) is 6.07 Å². The standard InChI is InChI=1S/C18H17NO5/c1-3-22-17(20)15-13(11-7-5-4-6-8-11)14-12(24-16(15)19)9-10(2)23-18(14)21/h4-9,13H,3,19H2,1-2H3/t13-/m0/s1. The van der Waals surface area contributed by atoms with Crippen LogP contribution in [0.4, 0.5) is 0 Å². The molecule has 2 heterocycles. The normalized spacial score (nSPS) is 16.3. The molecule has 0 amide bonds. The topological polar surface area (TPSA) is 91.8 Å². The summed E-state index contributed by atoms with van der Waals surface area (Å²) in [4.78, 5) is 24.8. The van der Waals surface area contributed by atoms with E-state index >= 15 is 0 Å². The van der Waals surface area contributed by atoms with E-state index in [0.29, 0.717) is 11.5 Å². The quantitative estimate of drug-likeness (QED) is 0.869. The highest BCUT2D eigenvalue weighted by Crippen LogP contribution is 2.41. The van der Waals surface area contributed by atoms with Crippen molar-refractivity contribution in [2.24, 2.45) is 5.73 Å².